The van der Waals surface area contributed by atoms with Crippen LogP contribution in [0.1, 0.15) is 25.0 Å². The van der Waals surface area contributed by atoms with Gasteiger partial charge in [0.15, 0.2) is 0 Å². The quantitative estimate of drug-likeness (QED) is 0.663. The second-order valence-corrected chi connectivity index (χ2v) is 3.76. The van der Waals surface area contributed by atoms with E-state index in [9.17, 15) is 4.79 Å². The van der Waals surface area contributed by atoms with Gasteiger partial charge in [0.25, 0.3) is 0 Å². The third kappa shape index (κ3) is 5.89. The summed E-state index contributed by atoms with van der Waals surface area (Å²) in [7, 11) is 1.39. The van der Waals surface area contributed by atoms with Crippen LogP contribution in [0.25, 0.3) is 0 Å². The van der Waals surface area contributed by atoms with Crippen molar-refractivity contribution in [2.45, 2.75) is 27.7 Å². The van der Waals surface area contributed by atoms with Gasteiger partial charge in [-0.25, -0.2) is 0 Å². The molecule has 0 heterocycles. The standard InChI is InChI=1S/C8H10.C5H10O2/c1-7-5-3-4-6-8(7)2;1-4(2)5(6)7-3/h3-6H,1-2H3;4H,1-3H3. The van der Waals surface area contributed by atoms with Crippen LogP contribution < -0.4 is 0 Å². The van der Waals surface area contributed by atoms with E-state index in [1.807, 2.05) is 0 Å². The molecule has 1 aromatic carbocycles. The van der Waals surface area contributed by atoms with Crippen molar-refractivity contribution in [1.29, 1.82) is 0 Å². The third-order valence-electron chi connectivity index (χ3n) is 2.10. The molecule has 15 heavy (non-hydrogen) atoms. The molecule has 0 aliphatic heterocycles. The highest BCUT2D eigenvalue weighted by Crippen LogP contribution is 2.02. The molecule has 0 atom stereocenters. The number of ether oxygens (including phenoxy) is 1. The van der Waals surface area contributed by atoms with Crippen LogP contribution >= 0.6 is 0 Å². The fraction of sp³-hybridized carbons (Fsp3) is 0.462. The number of methoxy groups -OCH3 is 1. The van der Waals surface area contributed by atoms with E-state index >= 15 is 0 Å². The summed E-state index contributed by atoms with van der Waals surface area (Å²) in [6.45, 7) is 7.84. The molecule has 0 spiro atoms. The van der Waals surface area contributed by atoms with E-state index in [1.54, 1.807) is 13.8 Å². The van der Waals surface area contributed by atoms with Crippen LogP contribution in [-0.2, 0) is 9.53 Å². The average Bonchev–Trinajstić information content (AvgIpc) is 2.22. The number of hydrogen-bond acceptors (Lipinski definition) is 2. The van der Waals surface area contributed by atoms with Crippen LogP contribution in [0.3, 0.4) is 0 Å². The minimum atomic E-state index is -0.153. The number of carbonyl (C=O) groups excluding carboxylic acids is 1. The normalized spacial score (nSPS) is 9.20. The van der Waals surface area contributed by atoms with Gasteiger partial charge < -0.3 is 4.74 Å². The second-order valence-electron chi connectivity index (χ2n) is 3.76. The first kappa shape index (κ1) is 13.7. The highest BCUT2D eigenvalue weighted by atomic mass is 16.5. The van der Waals surface area contributed by atoms with E-state index in [0.29, 0.717) is 0 Å². The van der Waals surface area contributed by atoms with Crippen molar-refractivity contribution in [2.75, 3.05) is 7.11 Å². The van der Waals surface area contributed by atoms with Crippen LogP contribution in [0.15, 0.2) is 24.3 Å². The van der Waals surface area contributed by atoms with E-state index in [0.717, 1.165) is 0 Å². The fourth-order valence-electron chi connectivity index (χ4n) is 0.898. The Morgan fingerprint density at radius 2 is 1.53 bits per heavy atom. The molecule has 0 aromatic heterocycles. The largest absolute Gasteiger partial charge is 0.469 e. The van der Waals surface area contributed by atoms with Crippen LogP contribution in [0.5, 0.6) is 0 Å². The predicted molar refractivity (Wildman–Crippen MR) is 62.8 cm³/mol. The molecule has 1 aromatic rings. The Labute approximate surface area is 92.3 Å². The summed E-state index contributed by atoms with van der Waals surface area (Å²) < 4.78 is 4.37. The Bertz CT molecular complexity index is 282. The molecule has 2 nitrogen and oxygen atoms in total. The summed E-state index contributed by atoms with van der Waals surface area (Å²) in [6.07, 6.45) is 0. The highest BCUT2D eigenvalue weighted by molar-refractivity contribution is 5.71. The lowest BCUT2D eigenvalue weighted by molar-refractivity contribution is -0.144. The Hall–Kier alpha value is -1.31. The monoisotopic (exact) mass is 208 g/mol. The van der Waals surface area contributed by atoms with Crippen molar-refractivity contribution in [3.63, 3.8) is 0 Å². The molecule has 0 unspecified atom stereocenters. The number of aryl methyl sites for hydroxylation is 2. The van der Waals surface area contributed by atoms with Crippen molar-refractivity contribution in [3.05, 3.63) is 35.4 Å². The van der Waals surface area contributed by atoms with E-state index in [1.165, 1.54) is 18.2 Å². The zero-order valence-corrected chi connectivity index (χ0v) is 10.2. The minimum absolute atomic E-state index is 0.00463. The number of esters is 1. The van der Waals surface area contributed by atoms with Crippen LogP contribution in [-0.4, -0.2) is 13.1 Å². The summed E-state index contributed by atoms with van der Waals surface area (Å²) in [5.41, 5.74) is 2.74. The first-order valence-electron chi connectivity index (χ1n) is 5.09. The fourth-order valence-corrected chi connectivity index (χ4v) is 0.898. The molecule has 0 aliphatic carbocycles. The minimum Gasteiger partial charge on any atom is -0.469 e. The Morgan fingerprint density at radius 3 is 1.67 bits per heavy atom. The molecule has 0 radical (unpaired) electrons. The maximum Gasteiger partial charge on any atom is 0.308 e. The number of hydrogen-bond donors (Lipinski definition) is 0. The second kappa shape index (κ2) is 7.04. The van der Waals surface area contributed by atoms with Crippen molar-refractivity contribution in [3.8, 4) is 0 Å². The van der Waals surface area contributed by atoms with Crippen molar-refractivity contribution in [2.24, 2.45) is 5.92 Å². The molecule has 0 saturated carbocycles. The Morgan fingerprint density at radius 1 is 1.13 bits per heavy atom. The van der Waals surface area contributed by atoms with Crippen LogP contribution in [0.4, 0.5) is 0 Å². The molecule has 0 amide bonds. The smallest absolute Gasteiger partial charge is 0.308 e. The molecule has 0 N–H and O–H groups in total. The zero-order chi connectivity index (χ0) is 11.8. The first-order chi connectivity index (χ1) is 6.99. The Balaban J connectivity index is 0.000000265. The molecular weight excluding hydrogens is 188 g/mol. The van der Waals surface area contributed by atoms with Gasteiger partial charge in [0.1, 0.15) is 0 Å². The summed E-state index contributed by atoms with van der Waals surface area (Å²) >= 11 is 0. The lowest BCUT2D eigenvalue weighted by Crippen LogP contribution is -2.07. The Kier molecular flexibility index (Phi) is 6.43. The molecule has 84 valence electrons. The van der Waals surface area contributed by atoms with Gasteiger partial charge in [-0.15, -0.1) is 0 Å². The van der Waals surface area contributed by atoms with Gasteiger partial charge in [-0.05, 0) is 25.0 Å². The van der Waals surface area contributed by atoms with E-state index in [4.69, 9.17) is 0 Å². The number of benzene rings is 1. The molecule has 0 bridgehead atoms. The summed E-state index contributed by atoms with van der Waals surface area (Å²) in [4.78, 5) is 10.3. The van der Waals surface area contributed by atoms with Gasteiger partial charge in [-0.1, -0.05) is 38.1 Å². The summed E-state index contributed by atoms with van der Waals surface area (Å²) in [5.74, 6) is -0.148. The maximum atomic E-state index is 10.3. The van der Waals surface area contributed by atoms with Crippen LogP contribution in [0.2, 0.25) is 0 Å². The maximum absolute atomic E-state index is 10.3. The van der Waals surface area contributed by atoms with Crippen molar-refractivity contribution in [1.82, 2.24) is 0 Å². The molecule has 2 heteroatoms. The van der Waals surface area contributed by atoms with Crippen molar-refractivity contribution < 1.29 is 9.53 Å². The van der Waals surface area contributed by atoms with E-state index in [2.05, 4.69) is 42.8 Å². The van der Waals surface area contributed by atoms with Gasteiger partial charge >= 0.3 is 5.97 Å². The van der Waals surface area contributed by atoms with Crippen LogP contribution in [0, 0.1) is 19.8 Å². The van der Waals surface area contributed by atoms with Gasteiger partial charge in [0, 0.05) is 0 Å². The van der Waals surface area contributed by atoms with E-state index in [-0.39, 0.29) is 11.9 Å². The SMILES string of the molecule is COC(=O)C(C)C.Cc1ccccc1C. The lowest BCUT2D eigenvalue weighted by atomic mass is 10.1. The number of rotatable bonds is 1. The molecular formula is C13H20O2. The summed E-state index contributed by atoms with van der Waals surface area (Å²) in [6, 6.07) is 8.36. The topological polar surface area (TPSA) is 26.3 Å². The summed E-state index contributed by atoms with van der Waals surface area (Å²) in [5, 5.41) is 0. The molecule has 0 aliphatic rings. The van der Waals surface area contributed by atoms with Gasteiger partial charge in [-0.3, -0.25) is 4.79 Å². The molecule has 0 fully saturated rings. The predicted octanol–water partition coefficient (Wildman–Crippen LogP) is 3.12. The van der Waals surface area contributed by atoms with Crippen molar-refractivity contribution >= 4 is 5.97 Å². The van der Waals surface area contributed by atoms with Gasteiger partial charge in [-0.2, -0.15) is 0 Å². The highest BCUT2D eigenvalue weighted by Gasteiger charge is 2.03. The number of carbonyl (C=O) groups is 1. The molecule has 0 saturated heterocycles. The zero-order valence-electron chi connectivity index (χ0n) is 10.2. The third-order valence-corrected chi connectivity index (χ3v) is 2.10. The van der Waals surface area contributed by atoms with Gasteiger partial charge in [0.05, 0.1) is 13.0 Å². The van der Waals surface area contributed by atoms with E-state index < -0.39 is 0 Å². The van der Waals surface area contributed by atoms with Gasteiger partial charge in [0.2, 0.25) is 0 Å². The average molecular weight is 208 g/mol. The lowest BCUT2D eigenvalue weighted by Gasteiger charge is -1.97. The molecule has 1 rings (SSSR count). The first-order valence-corrected chi connectivity index (χ1v) is 5.09.